The van der Waals surface area contributed by atoms with Gasteiger partial charge in [-0.25, -0.2) is 9.97 Å². The van der Waals surface area contributed by atoms with Crippen LogP contribution in [0, 0.1) is 0 Å². The average molecular weight is 206 g/mol. The van der Waals surface area contributed by atoms with E-state index in [2.05, 4.69) is 20.2 Å². The van der Waals surface area contributed by atoms with E-state index in [1.807, 2.05) is 0 Å². The van der Waals surface area contributed by atoms with Crippen LogP contribution in [0.5, 0.6) is 0 Å². The molecule has 6 heteroatoms. The molecule has 3 rings (SSSR count). The summed E-state index contributed by atoms with van der Waals surface area (Å²) < 4.78 is 5.47. The summed E-state index contributed by atoms with van der Waals surface area (Å²) in [5, 5.41) is 5.66. The standard InChI is InChI=1S/C9H10N4O2/c14-9-5-4-10-8(6-2-1-3-15-6)11-7(5)12-13-9/h4,6H,1-3H2,(H2,10,11,12,13,14). The van der Waals surface area contributed by atoms with Crippen molar-refractivity contribution < 1.29 is 4.74 Å². The molecule has 0 bridgehead atoms. The molecular weight excluding hydrogens is 196 g/mol. The van der Waals surface area contributed by atoms with Gasteiger partial charge >= 0.3 is 0 Å². The number of nitrogens with one attached hydrogen (secondary N) is 2. The van der Waals surface area contributed by atoms with Crippen LogP contribution >= 0.6 is 0 Å². The Kier molecular flexibility index (Phi) is 1.81. The van der Waals surface area contributed by atoms with E-state index in [0.717, 1.165) is 19.4 Å². The summed E-state index contributed by atoms with van der Waals surface area (Å²) in [5.41, 5.74) is 0.351. The largest absolute Gasteiger partial charge is 0.370 e. The van der Waals surface area contributed by atoms with E-state index >= 15 is 0 Å². The number of ether oxygens (including phenoxy) is 1. The van der Waals surface area contributed by atoms with Crippen LogP contribution in [0.2, 0.25) is 0 Å². The SMILES string of the molecule is O=c1[nH][nH]c2nc(C3CCCO3)ncc12. The molecule has 0 saturated carbocycles. The van der Waals surface area contributed by atoms with E-state index < -0.39 is 0 Å². The van der Waals surface area contributed by atoms with Crippen LogP contribution < -0.4 is 5.56 Å². The lowest BCUT2D eigenvalue weighted by Crippen LogP contribution is -2.04. The van der Waals surface area contributed by atoms with Crippen LogP contribution in [-0.2, 0) is 4.74 Å². The summed E-state index contributed by atoms with van der Waals surface area (Å²) in [7, 11) is 0. The lowest BCUT2D eigenvalue weighted by Gasteiger charge is -2.06. The van der Waals surface area contributed by atoms with Gasteiger partial charge in [-0.05, 0) is 12.8 Å². The number of nitrogens with zero attached hydrogens (tertiary/aromatic N) is 2. The van der Waals surface area contributed by atoms with E-state index in [4.69, 9.17) is 4.74 Å². The first-order valence-electron chi connectivity index (χ1n) is 4.89. The van der Waals surface area contributed by atoms with E-state index in [0.29, 0.717) is 16.9 Å². The Labute approximate surface area is 84.7 Å². The second-order valence-corrected chi connectivity index (χ2v) is 3.57. The first kappa shape index (κ1) is 8.60. The minimum absolute atomic E-state index is 0.0206. The smallest absolute Gasteiger partial charge is 0.275 e. The maximum Gasteiger partial charge on any atom is 0.275 e. The number of H-pyrrole nitrogens is 2. The lowest BCUT2D eigenvalue weighted by molar-refractivity contribution is 0.105. The average Bonchev–Trinajstić information content (AvgIpc) is 2.88. The van der Waals surface area contributed by atoms with E-state index in [1.165, 1.54) is 6.20 Å². The number of aromatic nitrogens is 4. The highest BCUT2D eigenvalue weighted by atomic mass is 16.5. The maximum absolute atomic E-state index is 11.2. The van der Waals surface area contributed by atoms with Gasteiger partial charge in [-0.1, -0.05) is 0 Å². The van der Waals surface area contributed by atoms with Gasteiger partial charge in [0.1, 0.15) is 11.5 Å². The summed E-state index contributed by atoms with van der Waals surface area (Å²) in [4.78, 5) is 19.6. The zero-order valence-corrected chi connectivity index (χ0v) is 7.99. The highest BCUT2D eigenvalue weighted by molar-refractivity contribution is 5.72. The first-order chi connectivity index (χ1) is 7.34. The number of hydrogen-bond donors (Lipinski definition) is 2. The Balaban J connectivity index is 2.09. The van der Waals surface area contributed by atoms with Gasteiger partial charge in [-0.15, -0.1) is 0 Å². The summed E-state index contributed by atoms with van der Waals surface area (Å²) in [6.45, 7) is 0.760. The maximum atomic E-state index is 11.2. The normalized spacial score (nSPS) is 21.2. The number of rotatable bonds is 1. The molecule has 0 aliphatic carbocycles. The van der Waals surface area contributed by atoms with Crippen LogP contribution in [0.1, 0.15) is 24.8 Å². The third-order valence-electron chi connectivity index (χ3n) is 2.56. The van der Waals surface area contributed by atoms with Crippen molar-refractivity contribution in [1.29, 1.82) is 0 Å². The zero-order chi connectivity index (χ0) is 10.3. The van der Waals surface area contributed by atoms with Crippen molar-refractivity contribution in [2.24, 2.45) is 0 Å². The molecule has 1 fully saturated rings. The van der Waals surface area contributed by atoms with Crippen LogP contribution in [0.25, 0.3) is 11.0 Å². The monoisotopic (exact) mass is 206 g/mol. The molecule has 3 heterocycles. The number of fused-ring (bicyclic) bond motifs is 1. The molecule has 1 aliphatic heterocycles. The molecular formula is C9H10N4O2. The fourth-order valence-corrected chi connectivity index (χ4v) is 1.78. The van der Waals surface area contributed by atoms with Gasteiger partial charge in [0.2, 0.25) is 0 Å². The fraction of sp³-hybridized carbons (Fsp3) is 0.444. The van der Waals surface area contributed by atoms with Crippen molar-refractivity contribution in [2.75, 3.05) is 6.61 Å². The molecule has 0 radical (unpaired) electrons. The Morgan fingerprint density at radius 1 is 1.47 bits per heavy atom. The predicted octanol–water partition coefficient (Wildman–Crippen LogP) is 0.498. The van der Waals surface area contributed by atoms with Crippen molar-refractivity contribution in [1.82, 2.24) is 20.2 Å². The van der Waals surface area contributed by atoms with Gasteiger partial charge in [-0.2, -0.15) is 0 Å². The molecule has 0 aromatic carbocycles. The summed E-state index contributed by atoms with van der Waals surface area (Å²) in [5.74, 6) is 0.648. The summed E-state index contributed by atoms with van der Waals surface area (Å²) in [6.07, 6.45) is 3.50. The van der Waals surface area contributed by atoms with Crippen molar-refractivity contribution >= 4 is 11.0 Å². The van der Waals surface area contributed by atoms with Crippen molar-refractivity contribution in [3.8, 4) is 0 Å². The van der Waals surface area contributed by atoms with Crippen LogP contribution in [0.15, 0.2) is 11.0 Å². The minimum Gasteiger partial charge on any atom is -0.370 e. The Hall–Kier alpha value is -1.69. The van der Waals surface area contributed by atoms with Crippen LogP contribution in [0.3, 0.4) is 0 Å². The zero-order valence-electron chi connectivity index (χ0n) is 7.99. The number of hydrogen-bond acceptors (Lipinski definition) is 4. The highest BCUT2D eigenvalue weighted by Crippen LogP contribution is 2.25. The molecule has 78 valence electrons. The topological polar surface area (TPSA) is 83.7 Å². The van der Waals surface area contributed by atoms with Crippen LogP contribution in [-0.4, -0.2) is 26.8 Å². The van der Waals surface area contributed by atoms with Gasteiger partial charge in [0.05, 0.1) is 0 Å². The Morgan fingerprint density at radius 3 is 3.20 bits per heavy atom. The van der Waals surface area contributed by atoms with E-state index in [-0.39, 0.29) is 11.7 Å². The second kappa shape index (κ2) is 3.16. The molecule has 0 spiro atoms. The molecule has 1 atom stereocenters. The number of aromatic amines is 2. The van der Waals surface area contributed by atoms with E-state index in [9.17, 15) is 4.79 Å². The molecule has 2 N–H and O–H groups in total. The first-order valence-corrected chi connectivity index (χ1v) is 4.89. The van der Waals surface area contributed by atoms with Crippen molar-refractivity contribution in [3.63, 3.8) is 0 Å². The molecule has 2 aromatic heterocycles. The fourth-order valence-electron chi connectivity index (χ4n) is 1.78. The third kappa shape index (κ3) is 1.33. The lowest BCUT2D eigenvalue weighted by atomic mass is 10.2. The van der Waals surface area contributed by atoms with Gasteiger partial charge in [0.25, 0.3) is 5.56 Å². The Bertz CT molecular complexity index is 538. The molecule has 2 aromatic rings. The van der Waals surface area contributed by atoms with Gasteiger partial charge in [0, 0.05) is 12.8 Å². The molecule has 6 nitrogen and oxygen atoms in total. The third-order valence-corrected chi connectivity index (χ3v) is 2.56. The van der Waals surface area contributed by atoms with Gasteiger partial charge in [0.15, 0.2) is 11.5 Å². The Morgan fingerprint density at radius 2 is 2.40 bits per heavy atom. The van der Waals surface area contributed by atoms with Crippen molar-refractivity contribution in [2.45, 2.75) is 18.9 Å². The molecule has 15 heavy (non-hydrogen) atoms. The van der Waals surface area contributed by atoms with E-state index in [1.54, 1.807) is 0 Å². The van der Waals surface area contributed by atoms with Crippen LogP contribution in [0.4, 0.5) is 0 Å². The molecule has 1 unspecified atom stereocenters. The summed E-state index contributed by atoms with van der Waals surface area (Å²) in [6, 6.07) is 0. The van der Waals surface area contributed by atoms with Crippen molar-refractivity contribution in [3.05, 3.63) is 22.4 Å². The molecule has 1 aliphatic rings. The van der Waals surface area contributed by atoms with Gasteiger partial charge in [-0.3, -0.25) is 15.0 Å². The van der Waals surface area contributed by atoms with Gasteiger partial charge < -0.3 is 4.74 Å². The highest BCUT2D eigenvalue weighted by Gasteiger charge is 2.21. The summed E-state index contributed by atoms with van der Waals surface area (Å²) >= 11 is 0. The quantitative estimate of drug-likeness (QED) is 0.711. The minimum atomic E-state index is -0.191. The molecule has 0 amide bonds. The molecule has 1 saturated heterocycles. The predicted molar refractivity (Wildman–Crippen MR) is 52.4 cm³/mol. The second-order valence-electron chi connectivity index (χ2n) is 3.57.